The van der Waals surface area contributed by atoms with Gasteiger partial charge in [-0.1, -0.05) is 19.9 Å². The first-order valence-corrected chi connectivity index (χ1v) is 12.8. The van der Waals surface area contributed by atoms with Gasteiger partial charge < -0.3 is 14.7 Å². The van der Waals surface area contributed by atoms with Gasteiger partial charge in [-0.2, -0.15) is 0 Å². The highest BCUT2D eigenvalue weighted by atomic mass is 16.6. The van der Waals surface area contributed by atoms with E-state index >= 15 is 0 Å². The number of ether oxygens (including phenoxy) is 1. The minimum atomic E-state index is -1.18. The molecule has 6 rings (SSSR count). The van der Waals surface area contributed by atoms with Crippen molar-refractivity contribution in [2.45, 2.75) is 82.3 Å². The SMILES string of the molecule is CO.COc1ccc2c3c1C(=O)CC(C)(C)N3C(=O)[C@]21C[C@]2([N+](=O)[O-])CN3CCC[C@H]3C[C@@H]2C1(C)C. The molecule has 1 amide bonds. The van der Waals surface area contributed by atoms with Crippen LogP contribution in [0.4, 0.5) is 5.69 Å². The van der Waals surface area contributed by atoms with Crippen molar-refractivity contribution in [3.8, 4) is 5.75 Å². The monoisotopic (exact) mass is 499 g/mol. The minimum Gasteiger partial charge on any atom is -0.496 e. The Hall–Kier alpha value is -2.52. The zero-order chi connectivity index (χ0) is 26.4. The Bertz CT molecular complexity index is 1160. The molecule has 4 aliphatic heterocycles. The molecule has 0 bridgehead atoms. The van der Waals surface area contributed by atoms with Crippen LogP contribution >= 0.6 is 0 Å². The van der Waals surface area contributed by atoms with Gasteiger partial charge in [0.2, 0.25) is 11.4 Å². The van der Waals surface area contributed by atoms with E-state index in [1.807, 2.05) is 19.9 Å². The van der Waals surface area contributed by atoms with E-state index in [9.17, 15) is 19.7 Å². The largest absolute Gasteiger partial charge is 0.496 e. The van der Waals surface area contributed by atoms with Crippen LogP contribution in [0.1, 0.15) is 75.7 Å². The highest BCUT2D eigenvalue weighted by Gasteiger charge is 2.79. The van der Waals surface area contributed by atoms with Gasteiger partial charge in [0.25, 0.3) is 0 Å². The molecular formula is C27H37N3O6. The molecule has 0 radical (unpaired) electrons. The van der Waals surface area contributed by atoms with Gasteiger partial charge in [0.1, 0.15) is 5.75 Å². The number of Topliss-reactive ketones (excluding diaryl/α,β-unsaturated/α-hetero) is 1. The zero-order valence-corrected chi connectivity index (χ0v) is 22.1. The molecule has 1 N–H and O–H groups in total. The number of fused-ring (bicyclic) bond motifs is 3. The maximum Gasteiger partial charge on any atom is 0.239 e. The van der Waals surface area contributed by atoms with E-state index in [0.29, 0.717) is 29.6 Å². The third kappa shape index (κ3) is 2.73. The Kier molecular flexibility index (Phi) is 5.41. The Balaban J connectivity index is 0.00000130. The fraction of sp³-hybridized carbons (Fsp3) is 0.704. The van der Waals surface area contributed by atoms with Gasteiger partial charge in [0.15, 0.2) is 5.78 Å². The zero-order valence-electron chi connectivity index (χ0n) is 22.1. The highest BCUT2D eigenvalue weighted by molar-refractivity contribution is 6.19. The molecule has 4 atom stereocenters. The number of aliphatic hydroxyl groups excluding tert-OH is 1. The lowest BCUT2D eigenvalue weighted by Gasteiger charge is -2.46. The van der Waals surface area contributed by atoms with Crippen molar-refractivity contribution in [2.24, 2.45) is 11.3 Å². The standard InChI is InChI=1S/C26H33N3O5.CH4O/c1-23(2)12-17(30)20-18(34-5)9-8-16-21(20)28(23)22(31)26(16)13-25(29(32)33)14-27-10-6-7-15(27)11-19(25)24(26,3)4;1-2/h8-9,15,19H,6-7,10-14H2,1-5H3;2H,1H3/t15-,19+,25-,26-;/m0./s1. The predicted molar refractivity (Wildman–Crippen MR) is 134 cm³/mol. The number of anilines is 1. The first kappa shape index (κ1) is 25.1. The van der Waals surface area contributed by atoms with Crippen molar-refractivity contribution < 1.29 is 24.4 Å². The van der Waals surface area contributed by atoms with Gasteiger partial charge in [-0.05, 0) is 56.7 Å². The summed E-state index contributed by atoms with van der Waals surface area (Å²) >= 11 is 0. The number of methoxy groups -OCH3 is 1. The van der Waals surface area contributed by atoms with Crippen molar-refractivity contribution in [1.82, 2.24) is 4.90 Å². The summed E-state index contributed by atoms with van der Waals surface area (Å²) < 4.78 is 5.55. The van der Waals surface area contributed by atoms with E-state index in [0.717, 1.165) is 38.5 Å². The van der Waals surface area contributed by atoms with Crippen LogP contribution in [-0.2, 0) is 10.2 Å². The number of rotatable bonds is 2. The van der Waals surface area contributed by atoms with Crippen molar-refractivity contribution in [2.75, 3.05) is 32.2 Å². The van der Waals surface area contributed by atoms with Crippen LogP contribution in [0.3, 0.4) is 0 Å². The van der Waals surface area contributed by atoms with Crippen LogP contribution in [0, 0.1) is 21.4 Å². The molecule has 3 fully saturated rings. The predicted octanol–water partition coefficient (Wildman–Crippen LogP) is 3.18. The highest BCUT2D eigenvalue weighted by Crippen LogP contribution is 2.70. The second-order valence-electron chi connectivity index (χ2n) is 12.3. The number of nitrogens with zero attached hydrogens (tertiary/aromatic N) is 3. The molecule has 0 unspecified atom stereocenters. The van der Waals surface area contributed by atoms with Crippen LogP contribution in [0.2, 0.25) is 0 Å². The average Bonchev–Trinajstić information content (AvgIpc) is 3.44. The number of ketones is 1. The third-order valence-corrected chi connectivity index (χ3v) is 10.1. The number of piperidine rings is 1. The second kappa shape index (κ2) is 7.74. The van der Waals surface area contributed by atoms with Crippen molar-refractivity contribution in [3.05, 3.63) is 33.4 Å². The summed E-state index contributed by atoms with van der Waals surface area (Å²) in [5.41, 5.74) is -1.75. The quantitative estimate of drug-likeness (QED) is 0.491. The van der Waals surface area contributed by atoms with Crippen molar-refractivity contribution in [3.63, 3.8) is 0 Å². The van der Waals surface area contributed by atoms with E-state index < -0.39 is 21.9 Å². The molecule has 9 nitrogen and oxygen atoms in total. The Morgan fingerprint density at radius 2 is 1.86 bits per heavy atom. The van der Waals surface area contributed by atoms with E-state index in [1.165, 1.54) is 7.11 Å². The van der Waals surface area contributed by atoms with Gasteiger partial charge in [-0.3, -0.25) is 24.6 Å². The lowest BCUT2D eigenvalue weighted by atomic mass is 9.60. The van der Waals surface area contributed by atoms with Gasteiger partial charge in [-0.15, -0.1) is 0 Å². The molecule has 1 aromatic carbocycles. The summed E-state index contributed by atoms with van der Waals surface area (Å²) in [6.45, 7) is 9.25. The van der Waals surface area contributed by atoms with Gasteiger partial charge in [0.05, 0.1) is 30.3 Å². The van der Waals surface area contributed by atoms with E-state index in [4.69, 9.17) is 9.84 Å². The van der Waals surface area contributed by atoms with Crippen LogP contribution in [0.5, 0.6) is 5.75 Å². The lowest BCUT2D eigenvalue weighted by Crippen LogP contribution is -2.59. The van der Waals surface area contributed by atoms with Crippen molar-refractivity contribution in [1.29, 1.82) is 0 Å². The van der Waals surface area contributed by atoms with Gasteiger partial charge in [-0.25, -0.2) is 0 Å². The first-order valence-electron chi connectivity index (χ1n) is 12.8. The van der Waals surface area contributed by atoms with Crippen LogP contribution < -0.4 is 9.64 Å². The molecule has 1 aliphatic carbocycles. The van der Waals surface area contributed by atoms with E-state index in [2.05, 4.69) is 18.7 Å². The molecule has 4 heterocycles. The summed E-state index contributed by atoms with van der Waals surface area (Å²) in [6.07, 6.45) is 3.25. The van der Waals surface area contributed by atoms with Crippen LogP contribution in [0.15, 0.2) is 12.1 Å². The molecule has 0 aromatic heterocycles. The normalized spacial score (nSPS) is 35.1. The molecule has 5 aliphatic rings. The molecule has 9 heteroatoms. The summed E-state index contributed by atoms with van der Waals surface area (Å²) in [5, 5.41) is 19.9. The Morgan fingerprint density at radius 1 is 1.17 bits per heavy atom. The smallest absolute Gasteiger partial charge is 0.239 e. The molecule has 1 aromatic rings. The third-order valence-electron chi connectivity index (χ3n) is 10.1. The van der Waals surface area contributed by atoms with Crippen LogP contribution in [-0.4, -0.2) is 71.0 Å². The van der Waals surface area contributed by atoms with E-state index in [-0.39, 0.29) is 35.4 Å². The topological polar surface area (TPSA) is 113 Å². The molecule has 2 saturated heterocycles. The number of aliphatic hydroxyl groups is 1. The van der Waals surface area contributed by atoms with Gasteiger partial charge in [0, 0.05) is 42.4 Å². The lowest BCUT2D eigenvalue weighted by molar-refractivity contribution is -0.584. The summed E-state index contributed by atoms with van der Waals surface area (Å²) in [6, 6.07) is 4.02. The number of hydrogen-bond donors (Lipinski definition) is 1. The summed E-state index contributed by atoms with van der Waals surface area (Å²) in [5.74, 6) is 0.108. The fourth-order valence-corrected chi connectivity index (χ4v) is 8.63. The van der Waals surface area contributed by atoms with Crippen LogP contribution in [0.25, 0.3) is 0 Å². The Morgan fingerprint density at radius 3 is 2.50 bits per heavy atom. The number of nitro groups is 1. The summed E-state index contributed by atoms with van der Waals surface area (Å²) in [4.78, 5) is 44.8. The number of carbonyl (C=O) groups excluding carboxylic acids is 2. The number of carbonyl (C=O) groups is 2. The molecular weight excluding hydrogens is 462 g/mol. The molecule has 196 valence electrons. The Labute approximate surface area is 211 Å². The maximum absolute atomic E-state index is 14.6. The maximum atomic E-state index is 14.6. The van der Waals surface area contributed by atoms with Crippen molar-refractivity contribution >= 4 is 17.4 Å². The number of hydrogen-bond acceptors (Lipinski definition) is 7. The molecule has 1 saturated carbocycles. The van der Waals surface area contributed by atoms with E-state index in [1.54, 1.807) is 11.0 Å². The fourth-order valence-electron chi connectivity index (χ4n) is 8.63. The average molecular weight is 500 g/mol. The first-order chi connectivity index (χ1) is 16.9. The molecule has 1 spiro atoms. The number of benzene rings is 1. The molecule has 36 heavy (non-hydrogen) atoms. The minimum absolute atomic E-state index is 0.0438. The van der Waals surface area contributed by atoms with Gasteiger partial charge >= 0.3 is 0 Å². The number of amides is 1. The summed E-state index contributed by atoms with van der Waals surface area (Å²) in [7, 11) is 2.53. The second-order valence-corrected chi connectivity index (χ2v) is 12.3.